The number of rotatable bonds is 5. The molecule has 0 unspecified atom stereocenters. The molecule has 0 aliphatic carbocycles. The highest BCUT2D eigenvalue weighted by molar-refractivity contribution is 5.97. The zero-order chi connectivity index (χ0) is 19.5. The first-order chi connectivity index (χ1) is 13.6. The molecule has 0 saturated heterocycles. The fraction of sp³-hybridized carbons (Fsp3) is 0.136. The quantitative estimate of drug-likeness (QED) is 0.533. The van der Waals surface area contributed by atoms with E-state index in [4.69, 9.17) is 0 Å². The zero-order valence-electron chi connectivity index (χ0n) is 15.4. The molecule has 0 N–H and O–H groups in total. The highest BCUT2D eigenvalue weighted by Crippen LogP contribution is 2.17. The molecule has 0 aliphatic rings. The number of carbonyl (C=O) groups excluding carboxylic acids is 1. The second-order valence-corrected chi connectivity index (χ2v) is 6.72. The van der Waals surface area contributed by atoms with Crippen molar-refractivity contribution in [3.63, 3.8) is 0 Å². The van der Waals surface area contributed by atoms with Crippen LogP contribution >= 0.6 is 0 Å². The van der Waals surface area contributed by atoms with Crippen molar-refractivity contribution in [1.29, 1.82) is 0 Å². The number of halogens is 1. The van der Waals surface area contributed by atoms with Crippen molar-refractivity contribution in [3.05, 3.63) is 95.3 Å². The van der Waals surface area contributed by atoms with Gasteiger partial charge < -0.3 is 4.90 Å². The van der Waals surface area contributed by atoms with Gasteiger partial charge in [0, 0.05) is 19.2 Å². The van der Waals surface area contributed by atoms with Gasteiger partial charge in [0.25, 0.3) is 5.91 Å². The number of nitrogens with zero attached hydrogens (tertiary/aromatic N) is 4. The van der Waals surface area contributed by atoms with Gasteiger partial charge in [-0.2, -0.15) is 0 Å². The third-order valence-electron chi connectivity index (χ3n) is 4.62. The summed E-state index contributed by atoms with van der Waals surface area (Å²) < 4.78 is 14.8. The Kier molecular flexibility index (Phi) is 4.85. The number of aromatic nitrogens is 3. The van der Waals surface area contributed by atoms with Crippen LogP contribution in [0.3, 0.4) is 0 Å². The summed E-state index contributed by atoms with van der Waals surface area (Å²) >= 11 is 0. The zero-order valence-corrected chi connectivity index (χ0v) is 15.4. The molecule has 3 aromatic carbocycles. The van der Waals surface area contributed by atoms with Crippen LogP contribution in [0.1, 0.15) is 21.5 Å². The van der Waals surface area contributed by atoms with Crippen LogP contribution in [0.2, 0.25) is 0 Å². The lowest BCUT2D eigenvalue weighted by Crippen LogP contribution is -2.26. The van der Waals surface area contributed by atoms with E-state index in [1.807, 2.05) is 36.4 Å². The van der Waals surface area contributed by atoms with Gasteiger partial charge in [-0.15, -0.1) is 5.10 Å². The summed E-state index contributed by atoms with van der Waals surface area (Å²) in [6, 6.07) is 21.5. The number of benzene rings is 3. The number of carbonyl (C=O) groups is 1. The molecular weight excluding hydrogens is 355 g/mol. The highest BCUT2D eigenvalue weighted by Gasteiger charge is 2.14. The van der Waals surface area contributed by atoms with Crippen LogP contribution in [0.25, 0.3) is 11.0 Å². The number of fused-ring (bicyclic) bond motifs is 1. The third kappa shape index (κ3) is 3.76. The first kappa shape index (κ1) is 17.9. The van der Waals surface area contributed by atoms with Crippen molar-refractivity contribution >= 4 is 16.9 Å². The minimum Gasteiger partial charge on any atom is -0.337 e. The second-order valence-electron chi connectivity index (χ2n) is 6.72. The Bertz CT molecular complexity index is 1110. The van der Waals surface area contributed by atoms with E-state index in [0.29, 0.717) is 24.2 Å². The summed E-state index contributed by atoms with van der Waals surface area (Å²) in [7, 11) is 1.78. The molecule has 0 saturated carbocycles. The van der Waals surface area contributed by atoms with E-state index in [-0.39, 0.29) is 11.7 Å². The van der Waals surface area contributed by atoms with Crippen molar-refractivity contribution in [2.75, 3.05) is 7.05 Å². The molecule has 6 heteroatoms. The van der Waals surface area contributed by atoms with Crippen LogP contribution in [0.5, 0.6) is 0 Å². The van der Waals surface area contributed by atoms with Crippen LogP contribution in [0, 0.1) is 5.82 Å². The Labute approximate surface area is 162 Å². The first-order valence-corrected chi connectivity index (χ1v) is 8.97. The normalized spacial score (nSPS) is 10.9. The van der Waals surface area contributed by atoms with Crippen molar-refractivity contribution in [3.8, 4) is 0 Å². The standard InChI is InChI=1S/C22H19FN4O/c1-26(14-16-5-3-2-4-6-16)22(28)18-9-12-21-20(13-18)24-25-27(21)15-17-7-10-19(23)11-8-17/h2-13H,14-15H2,1H3. The maximum atomic E-state index is 13.1. The van der Waals surface area contributed by atoms with Gasteiger partial charge in [0.15, 0.2) is 0 Å². The third-order valence-corrected chi connectivity index (χ3v) is 4.62. The first-order valence-electron chi connectivity index (χ1n) is 8.97. The van der Waals surface area contributed by atoms with Gasteiger partial charge in [0.1, 0.15) is 11.3 Å². The maximum Gasteiger partial charge on any atom is 0.253 e. The minimum absolute atomic E-state index is 0.0705. The molecule has 0 atom stereocenters. The molecule has 1 aromatic heterocycles. The molecule has 0 fully saturated rings. The van der Waals surface area contributed by atoms with Gasteiger partial charge in [-0.25, -0.2) is 9.07 Å². The fourth-order valence-electron chi connectivity index (χ4n) is 3.13. The van der Waals surface area contributed by atoms with Gasteiger partial charge in [-0.05, 0) is 41.5 Å². The Morgan fingerprint density at radius 2 is 1.75 bits per heavy atom. The molecule has 4 aromatic rings. The van der Waals surface area contributed by atoms with E-state index < -0.39 is 0 Å². The van der Waals surface area contributed by atoms with Crippen molar-refractivity contribution in [1.82, 2.24) is 19.9 Å². The molecule has 5 nitrogen and oxygen atoms in total. The molecule has 0 radical (unpaired) electrons. The smallest absolute Gasteiger partial charge is 0.253 e. The summed E-state index contributed by atoms with van der Waals surface area (Å²) in [5.41, 5.74) is 4.05. The topological polar surface area (TPSA) is 51.0 Å². The van der Waals surface area contributed by atoms with Crippen molar-refractivity contribution in [2.45, 2.75) is 13.1 Å². The van der Waals surface area contributed by atoms with Gasteiger partial charge in [-0.3, -0.25) is 4.79 Å². The van der Waals surface area contributed by atoms with Crippen LogP contribution in [-0.4, -0.2) is 32.8 Å². The number of amides is 1. The lowest BCUT2D eigenvalue weighted by molar-refractivity contribution is 0.0785. The Balaban J connectivity index is 1.53. The van der Waals surface area contributed by atoms with Gasteiger partial charge >= 0.3 is 0 Å². The lowest BCUT2D eigenvalue weighted by atomic mass is 10.1. The highest BCUT2D eigenvalue weighted by atomic mass is 19.1. The summed E-state index contributed by atoms with van der Waals surface area (Å²) in [6.45, 7) is 1.02. The minimum atomic E-state index is -0.269. The summed E-state index contributed by atoms with van der Waals surface area (Å²) in [6.07, 6.45) is 0. The van der Waals surface area contributed by atoms with E-state index >= 15 is 0 Å². The van der Waals surface area contributed by atoms with Crippen LogP contribution < -0.4 is 0 Å². The van der Waals surface area contributed by atoms with E-state index in [1.54, 1.807) is 40.9 Å². The summed E-state index contributed by atoms with van der Waals surface area (Å²) in [4.78, 5) is 14.4. The maximum absolute atomic E-state index is 13.1. The Morgan fingerprint density at radius 3 is 2.50 bits per heavy atom. The summed E-state index contributed by atoms with van der Waals surface area (Å²) in [5.74, 6) is -0.339. The van der Waals surface area contributed by atoms with Gasteiger partial charge in [-0.1, -0.05) is 47.7 Å². The summed E-state index contributed by atoms with van der Waals surface area (Å²) in [5, 5.41) is 8.36. The average Bonchev–Trinajstić information content (AvgIpc) is 3.12. The van der Waals surface area contributed by atoms with Crippen LogP contribution in [0.15, 0.2) is 72.8 Å². The van der Waals surface area contributed by atoms with Crippen LogP contribution in [0.4, 0.5) is 4.39 Å². The molecule has 28 heavy (non-hydrogen) atoms. The van der Waals surface area contributed by atoms with Gasteiger partial charge in [0.05, 0.1) is 12.1 Å². The average molecular weight is 374 g/mol. The molecule has 1 amide bonds. The number of hydrogen-bond acceptors (Lipinski definition) is 3. The molecule has 4 rings (SSSR count). The molecule has 0 aliphatic heterocycles. The van der Waals surface area contributed by atoms with Crippen molar-refractivity contribution < 1.29 is 9.18 Å². The molecule has 0 bridgehead atoms. The SMILES string of the molecule is CN(Cc1ccccc1)C(=O)c1ccc2c(c1)nnn2Cc1ccc(F)cc1. The predicted molar refractivity (Wildman–Crippen MR) is 105 cm³/mol. The largest absolute Gasteiger partial charge is 0.337 e. The monoisotopic (exact) mass is 374 g/mol. The molecular formula is C22H19FN4O. The van der Waals surface area contributed by atoms with E-state index in [2.05, 4.69) is 10.3 Å². The molecule has 140 valence electrons. The van der Waals surface area contributed by atoms with Gasteiger partial charge in [0.2, 0.25) is 0 Å². The van der Waals surface area contributed by atoms with E-state index in [1.165, 1.54) is 12.1 Å². The van der Waals surface area contributed by atoms with E-state index in [9.17, 15) is 9.18 Å². The number of hydrogen-bond donors (Lipinski definition) is 0. The van der Waals surface area contributed by atoms with E-state index in [0.717, 1.165) is 16.6 Å². The van der Waals surface area contributed by atoms with Crippen LogP contribution in [-0.2, 0) is 13.1 Å². The Morgan fingerprint density at radius 1 is 1.00 bits per heavy atom. The molecule has 1 heterocycles. The van der Waals surface area contributed by atoms with Crippen molar-refractivity contribution in [2.24, 2.45) is 0 Å². The second kappa shape index (κ2) is 7.60. The predicted octanol–water partition coefficient (Wildman–Crippen LogP) is 3.89. The lowest BCUT2D eigenvalue weighted by Gasteiger charge is -2.17. The molecule has 0 spiro atoms. The Hall–Kier alpha value is -3.54. The fourth-order valence-corrected chi connectivity index (χ4v) is 3.13.